The van der Waals surface area contributed by atoms with Gasteiger partial charge in [0.2, 0.25) is 0 Å². The summed E-state index contributed by atoms with van der Waals surface area (Å²) >= 11 is 0. The van der Waals surface area contributed by atoms with Crippen LogP contribution in [0, 0.1) is 5.92 Å². The van der Waals surface area contributed by atoms with Gasteiger partial charge in [0.15, 0.2) is 17.3 Å². The number of hydrogen-bond donors (Lipinski definition) is 0. The third-order valence-corrected chi connectivity index (χ3v) is 2.22. The van der Waals surface area contributed by atoms with Crippen molar-refractivity contribution in [3.63, 3.8) is 0 Å². The third-order valence-electron chi connectivity index (χ3n) is 2.22. The van der Waals surface area contributed by atoms with Crippen LogP contribution in [0.3, 0.4) is 0 Å². The molecule has 0 heterocycles. The normalized spacial score (nSPS) is 10.3. The van der Waals surface area contributed by atoms with E-state index in [4.69, 9.17) is 9.47 Å². The predicted molar refractivity (Wildman–Crippen MR) is 63.1 cm³/mol. The Bertz CT molecular complexity index is 369. The SMILES string of the molecule is COc1ccc(C(=O)C[C](C)C)cc1OC. The first-order valence-corrected chi connectivity index (χ1v) is 5.12. The lowest BCUT2D eigenvalue weighted by molar-refractivity contribution is 0.0987. The number of benzene rings is 1. The molecular weight excluding hydrogens is 204 g/mol. The Kier molecular flexibility index (Phi) is 4.35. The van der Waals surface area contributed by atoms with Crippen molar-refractivity contribution in [1.82, 2.24) is 0 Å². The van der Waals surface area contributed by atoms with Gasteiger partial charge in [-0.2, -0.15) is 0 Å². The average molecular weight is 221 g/mol. The van der Waals surface area contributed by atoms with Gasteiger partial charge in [0.05, 0.1) is 14.2 Å². The van der Waals surface area contributed by atoms with Gasteiger partial charge in [-0.05, 0) is 24.1 Å². The van der Waals surface area contributed by atoms with Gasteiger partial charge in [-0.15, -0.1) is 0 Å². The molecule has 0 fully saturated rings. The lowest BCUT2D eigenvalue weighted by Gasteiger charge is -2.09. The Labute approximate surface area is 96.4 Å². The van der Waals surface area contributed by atoms with Gasteiger partial charge in [0, 0.05) is 12.0 Å². The summed E-state index contributed by atoms with van der Waals surface area (Å²) in [5.74, 6) is 2.42. The summed E-state index contributed by atoms with van der Waals surface area (Å²) in [7, 11) is 3.13. The second-order valence-electron chi connectivity index (χ2n) is 3.88. The maximum atomic E-state index is 11.8. The quantitative estimate of drug-likeness (QED) is 0.717. The van der Waals surface area contributed by atoms with E-state index in [1.165, 1.54) is 0 Å². The molecule has 3 heteroatoms. The van der Waals surface area contributed by atoms with Crippen molar-refractivity contribution in [2.45, 2.75) is 20.3 Å². The zero-order valence-corrected chi connectivity index (χ0v) is 10.2. The molecule has 0 saturated heterocycles. The molecule has 1 aromatic rings. The van der Waals surface area contributed by atoms with Crippen molar-refractivity contribution in [3.05, 3.63) is 29.7 Å². The number of ketones is 1. The minimum Gasteiger partial charge on any atom is -0.493 e. The molecule has 0 atom stereocenters. The minimum absolute atomic E-state index is 0.0981. The standard InChI is InChI=1S/C13H17O3/c1-9(2)7-11(14)10-5-6-12(15-3)13(8-10)16-4/h5-6,8H,7H2,1-4H3. The largest absolute Gasteiger partial charge is 0.493 e. The molecule has 0 spiro atoms. The highest BCUT2D eigenvalue weighted by atomic mass is 16.5. The Hall–Kier alpha value is -1.51. The van der Waals surface area contributed by atoms with Crippen molar-refractivity contribution in [2.24, 2.45) is 0 Å². The van der Waals surface area contributed by atoms with E-state index < -0.39 is 0 Å². The molecule has 0 aromatic heterocycles. The molecule has 0 aliphatic rings. The molecule has 0 unspecified atom stereocenters. The summed E-state index contributed by atoms with van der Waals surface area (Å²) in [6.45, 7) is 3.89. The highest BCUT2D eigenvalue weighted by Crippen LogP contribution is 2.28. The van der Waals surface area contributed by atoms with Gasteiger partial charge in [0.1, 0.15) is 0 Å². The number of ether oxygens (including phenoxy) is 2. The van der Waals surface area contributed by atoms with Gasteiger partial charge in [-0.3, -0.25) is 4.79 Å². The molecule has 3 nitrogen and oxygen atoms in total. The summed E-state index contributed by atoms with van der Waals surface area (Å²) in [5.41, 5.74) is 0.652. The van der Waals surface area contributed by atoms with Gasteiger partial charge >= 0.3 is 0 Å². The van der Waals surface area contributed by atoms with Crippen LogP contribution in [0.1, 0.15) is 30.6 Å². The molecule has 1 radical (unpaired) electrons. The first-order valence-electron chi connectivity index (χ1n) is 5.12. The van der Waals surface area contributed by atoms with Crippen LogP contribution < -0.4 is 9.47 Å². The second-order valence-corrected chi connectivity index (χ2v) is 3.88. The molecule has 0 aliphatic carbocycles. The van der Waals surface area contributed by atoms with Crippen LogP contribution in [0.2, 0.25) is 0 Å². The van der Waals surface area contributed by atoms with Crippen molar-refractivity contribution in [3.8, 4) is 11.5 Å². The number of Topliss-reactive ketones (excluding diaryl/α,β-unsaturated/α-hetero) is 1. The van der Waals surface area contributed by atoms with E-state index in [1.807, 2.05) is 13.8 Å². The summed E-state index contributed by atoms with van der Waals surface area (Å²) in [6.07, 6.45) is 0.468. The fourth-order valence-electron chi connectivity index (χ4n) is 1.43. The maximum absolute atomic E-state index is 11.8. The van der Waals surface area contributed by atoms with E-state index in [0.717, 1.165) is 5.92 Å². The number of carbonyl (C=O) groups is 1. The van der Waals surface area contributed by atoms with E-state index in [1.54, 1.807) is 32.4 Å². The number of rotatable bonds is 5. The lowest BCUT2D eigenvalue weighted by Crippen LogP contribution is -2.03. The molecule has 0 saturated carbocycles. The van der Waals surface area contributed by atoms with Crippen LogP contribution >= 0.6 is 0 Å². The zero-order chi connectivity index (χ0) is 12.1. The van der Waals surface area contributed by atoms with Crippen LogP contribution in [0.5, 0.6) is 11.5 Å². The summed E-state index contributed by atoms with van der Waals surface area (Å²) < 4.78 is 10.3. The van der Waals surface area contributed by atoms with Gasteiger partial charge in [-0.1, -0.05) is 13.8 Å². The maximum Gasteiger partial charge on any atom is 0.163 e. The van der Waals surface area contributed by atoms with Crippen LogP contribution in [0.15, 0.2) is 18.2 Å². The third kappa shape index (κ3) is 2.99. The van der Waals surface area contributed by atoms with Crippen LogP contribution in [0.25, 0.3) is 0 Å². The van der Waals surface area contributed by atoms with E-state index in [9.17, 15) is 4.79 Å². The van der Waals surface area contributed by atoms with E-state index >= 15 is 0 Å². The van der Waals surface area contributed by atoms with E-state index in [-0.39, 0.29) is 5.78 Å². The molecule has 1 rings (SSSR count). The smallest absolute Gasteiger partial charge is 0.163 e. The zero-order valence-electron chi connectivity index (χ0n) is 10.2. The monoisotopic (exact) mass is 221 g/mol. The van der Waals surface area contributed by atoms with Crippen LogP contribution in [-0.4, -0.2) is 20.0 Å². The van der Waals surface area contributed by atoms with Crippen molar-refractivity contribution in [2.75, 3.05) is 14.2 Å². The number of methoxy groups -OCH3 is 2. The molecule has 16 heavy (non-hydrogen) atoms. The van der Waals surface area contributed by atoms with E-state index in [0.29, 0.717) is 23.5 Å². The van der Waals surface area contributed by atoms with Crippen molar-refractivity contribution in [1.29, 1.82) is 0 Å². The molecule has 87 valence electrons. The first-order chi connectivity index (χ1) is 7.58. The fourth-order valence-corrected chi connectivity index (χ4v) is 1.43. The van der Waals surface area contributed by atoms with Crippen LogP contribution in [-0.2, 0) is 0 Å². The van der Waals surface area contributed by atoms with E-state index in [2.05, 4.69) is 0 Å². The van der Waals surface area contributed by atoms with Crippen molar-refractivity contribution >= 4 is 5.78 Å². The fraction of sp³-hybridized carbons (Fsp3) is 0.385. The number of carbonyl (C=O) groups excluding carboxylic acids is 1. The van der Waals surface area contributed by atoms with Crippen molar-refractivity contribution < 1.29 is 14.3 Å². The Morgan fingerprint density at radius 3 is 2.25 bits per heavy atom. The average Bonchev–Trinajstić information content (AvgIpc) is 2.27. The minimum atomic E-state index is 0.0981. The summed E-state index contributed by atoms with van der Waals surface area (Å²) in [5, 5.41) is 0. The van der Waals surface area contributed by atoms with Gasteiger partial charge < -0.3 is 9.47 Å². The molecule has 0 bridgehead atoms. The topological polar surface area (TPSA) is 35.5 Å². The molecule has 0 N–H and O–H groups in total. The Morgan fingerprint density at radius 1 is 1.12 bits per heavy atom. The van der Waals surface area contributed by atoms with Crippen LogP contribution in [0.4, 0.5) is 0 Å². The first kappa shape index (κ1) is 12.6. The lowest BCUT2D eigenvalue weighted by atomic mass is 10.0. The number of hydrogen-bond acceptors (Lipinski definition) is 3. The Balaban J connectivity index is 2.94. The predicted octanol–water partition coefficient (Wildman–Crippen LogP) is 2.89. The van der Waals surface area contributed by atoms with Gasteiger partial charge in [-0.25, -0.2) is 0 Å². The molecule has 0 amide bonds. The van der Waals surface area contributed by atoms with Gasteiger partial charge in [0.25, 0.3) is 0 Å². The summed E-state index contributed by atoms with van der Waals surface area (Å²) in [4.78, 5) is 11.8. The molecular formula is C13H17O3. The highest BCUT2D eigenvalue weighted by molar-refractivity contribution is 5.97. The molecule has 0 aliphatic heterocycles. The highest BCUT2D eigenvalue weighted by Gasteiger charge is 2.11. The molecule has 1 aromatic carbocycles. The second kappa shape index (κ2) is 5.54. The summed E-state index contributed by atoms with van der Waals surface area (Å²) in [6, 6.07) is 5.22. The Morgan fingerprint density at radius 2 is 1.75 bits per heavy atom.